The highest BCUT2D eigenvalue weighted by Gasteiger charge is 2.16. The van der Waals surface area contributed by atoms with Crippen molar-refractivity contribution in [2.45, 2.75) is 6.92 Å². The van der Waals surface area contributed by atoms with Crippen molar-refractivity contribution in [1.29, 1.82) is 0 Å². The molecule has 2 aromatic carbocycles. The summed E-state index contributed by atoms with van der Waals surface area (Å²) >= 11 is 3.33. The van der Waals surface area contributed by atoms with Crippen LogP contribution in [-0.2, 0) is 0 Å². The van der Waals surface area contributed by atoms with Crippen LogP contribution in [0.5, 0.6) is 17.2 Å². The van der Waals surface area contributed by atoms with Gasteiger partial charge in [0, 0.05) is 15.6 Å². The largest absolute Gasteiger partial charge is 0.507 e. The summed E-state index contributed by atoms with van der Waals surface area (Å²) in [5.41, 5.74) is 3.88. The summed E-state index contributed by atoms with van der Waals surface area (Å²) in [7, 11) is 0. The minimum Gasteiger partial charge on any atom is -0.507 e. The van der Waals surface area contributed by atoms with E-state index < -0.39 is 0 Å². The fraction of sp³-hybridized carbons (Fsp3) is 0.125. The quantitative estimate of drug-likeness (QED) is 0.637. The van der Waals surface area contributed by atoms with Gasteiger partial charge in [0.25, 0.3) is 5.91 Å². The first-order chi connectivity index (χ1) is 11.0. The van der Waals surface area contributed by atoms with E-state index in [-0.39, 0.29) is 18.4 Å². The van der Waals surface area contributed by atoms with Crippen molar-refractivity contribution in [2.24, 2.45) is 5.10 Å². The molecule has 1 aliphatic heterocycles. The molecule has 0 unspecified atom stereocenters. The number of hydrazone groups is 1. The van der Waals surface area contributed by atoms with Crippen molar-refractivity contribution < 1.29 is 19.4 Å². The van der Waals surface area contributed by atoms with E-state index in [9.17, 15) is 9.90 Å². The van der Waals surface area contributed by atoms with E-state index in [2.05, 4.69) is 26.5 Å². The van der Waals surface area contributed by atoms with Gasteiger partial charge in [0.05, 0.1) is 5.71 Å². The molecule has 23 heavy (non-hydrogen) atoms. The third kappa shape index (κ3) is 3.29. The summed E-state index contributed by atoms with van der Waals surface area (Å²) in [6, 6.07) is 9.90. The lowest BCUT2D eigenvalue weighted by Gasteiger charge is -2.06. The molecule has 0 aliphatic carbocycles. The first-order valence-electron chi connectivity index (χ1n) is 6.78. The molecule has 1 heterocycles. The normalized spacial score (nSPS) is 13.0. The van der Waals surface area contributed by atoms with Crippen LogP contribution >= 0.6 is 15.9 Å². The second-order valence-corrected chi connectivity index (χ2v) is 5.78. The minimum absolute atomic E-state index is 0.0896. The van der Waals surface area contributed by atoms with Crippen LogP contribution in [0.1, 0.15) is 22.8 Å². The van der Waals surface area contributed by atoms with E-state index in [4.69, 9.17) is 9.47 Å². The lowest BCUT2D eigenvalue weighted by molar-refractivity contribution is 0.0954. The maximum absolute atomic E-state index is 12.1. The van der Waals surface area contributed by atoms with E-state index >= 15 is 0 Å². The fourth-order valence-corrected chi connectivity index (χ4v) is 2.46. The van der Waals surface area contributed by atoms with Crippen LogP contribution in [0.25, 0.3) is 0 Å². The Morgan fingerprint density at radius 1 is 1.22 bits per heavy atom. The molecule has 0 radical (unpaired) electrons. The number of aromatic hydroxyl groups is 1. The zero-order valence-corrected chi connectivity index (χ0v) is 13.8. The molecule has 0 fully saturated rings. The molecule has 0 saturated carbocycles. The van der Waals surface area contributed by atoms with Gasteiger partial charge in [0.15, 0.2) is 11.5 Å². The summed E-state index contributed by atoms with van der Waals surface area (Å²) in [5.74, 6) is 0.854. The molecule has 0 atom stereocenters. The van der Waals surface area contributed by atoms with Crippen molar-refractivity contribution in [3.63, 3.8) is 0 Å². The van der Waals surface area contributed by atoms with Gasteiger partial charge in [-0.05, 0) is 43.3 Å². The average molecular weight is 377 g/mol. The molecule has 1 aliphatic rings. The Hall–Kier alpha value is -2.54. The maximum Gasteiger partial charge on any atom is 0.271 e. The van der Waals surface area contributed by atoms with Crippen molar-refractivity contribution in [1.82, 2.24) is 5.43 Å². The molecule has 0 spiro atoms. The Morgan fingerprint density at radius 3 is 2.83 bits per heavy atom. The van der Waals surface area contributed by atoms with Crippen molar-refractivity contribution in [3.8, 4) is 17.2 Å². The molecule has 118 valence electrons. The minimum atomic E-state index is -0.378. The summed E-state index contributed by atoms with van der Waals surface area (Å²) in [6.45, 7) is 1.85. The van der Waals surface area contributed by atoms with Crippen LogP contribution < -0.4 is 14.9 Å². The van der Waals surface area contributed by atoms with Gasteiger partial charge in [-0.25, -0.2) is 5.43 Å². The molecular weight excluding hydrogens is 364 g/mol. The van der Waals surface area contributed by atoms with Crippen LogP contribution in [0, 0.1) is 0 Å². The maximum atomic E-state index is 12.1. The van der Waals surface area contributed by atoms with Gasteiger partial charge < -0.3 is 14.6 Å². The lowest BCUT2D eigenvalue weighted by Crippen LogP contribution is -2.19. The second-order valence-electron chi connectivity index (χ2n) is 4.87. The van der Waals surface area contributed by atoms with Gasteiger partial charge in [-0.1, -0.05) is 15.9 Å². The predicted octanol–water partition coefficient (Wildman–Crippen LogP) is 3.04. The topological polar surface area (TPSA) is 80.2 Å². The fourth-order valence-electron chi connectivity index (χ4n) is 2.10. The number of hydrogen-bond donors (Lipinski definition) is 2. The highest BCUT2D eigenvalue weighted by Crippen LogP contribution is 2.32. The van der Waals surface area contributed by atoms with Crippen molar-refractivity contribution >= 4 is 27.5 Å². The molecular formula is C16H13BrN2O4. The molecule has 3 rings (SSSR count). The van der Waals surface area contributed by atoms with E-state index in [1.165, 1.54) is 0 Å². The number of amides is 1. The smallest absolute Gasteiger partial charge is 0.271 e. The number of phenolic OH excluding ortho intramolecular Hbond substituents is 1. The van der Waals surface area contributed by atoms with Gasteiger partial charge in [-0.2, -0.15) is 5.10 Å². The molecule has 0 aromatic heterocycles. The zero-order valence-electron chi connectivity index (χ0n) is 12.2. The molecule has 1 amide bonds. The molecule has 2 N–H and O–H groups in total. The number of nitrogens with one attached hydrogen (secondary N) is 1. The van der Waals surface area contributed by atoms with Crippen LogP contribution in [0.15, 0.2) is 46.0 Å². The third-order valence-electron chi connectivity index (χ3n) is 3.31. The van der Waals surface area contributed by atoms with Crippen LogP contribution in [-0.4, -0.2) is 23.5 Å². The monoisotopic (exact) mass is 376 g/mol. The number of nitrogens with zero attached hydrogens (tertiary/aromatic N) is 1. The SMILES string of the molecule is C/C(=N\NC(=O)c1ccc2c(c1)OCO2)c1cc(Br)ccc1O. The van der Waals surface area contributed by atoms with Gasteiger partial charge in [-0.15, -0.1) is 0 Å². The Morgan fingerprint density at radius 2 is 2.00 bits per heavy atom. The van der Waals surface area contributed by atoms with E-state index in [0.29, 0.717) is 28.3 Å². The first kappa shape index (κ1) is 15.4. The third-order valence-corrected chi connectivity index (χ3v) is 3.80. The summed E-state index contributed by atoms with van der Waals surface area (Å²) in [6.07, 6.45) is 0. The summed E-state index contributed by atoms with van der Waals surface area (Å²) in [4.78, 5) is 12.1. The van der Waals surface area contributed by atoms with E-state index in [1.807, 2.05) is 0 Å². The number of benzene rings is 2. The van der Waals surface area contributed by atoms with Crippen LogP contribution in [0.2, 0.25) is 0 Å². The van der Waals surface area contributed by atoms with Crippen molar-refractivity contribution in [2.75, 3.05) is 6.79 Å². The highest BCUT2D eigenvalue weighted by molar-refractivity contribution is 9.10. The highest BCUT2D eigenvalue weighted by atomic mass is 79.9. The lowest BCUT2D eigenvalue weighted by atomic mass is 10.1. The van der Waals surface area contributed by atoms with E-state index in [1.54, 1.807) is 43.3 Å². The Kier molecular flexibility index (Phi) is 4.20. The number of carbonyl (C=O) groups excluding carboxylic acids is 1. The molecule has 6 nitrogen and oxygen atoms in total. The number of halogens is 1. The van der Waals surface area contributed by atoms with E-state index in [0.717, 1.165) is 4.47 Å². The number of carbonyl (C=O) groups is 1. The van der Waals surface area contributed by atoms with Gasteiger partial charge >= 0.3 is 0 Å². The van der Waals surface area contributed by atoms with Gasteiger partial charge in [-0.3, -0.25) is 4.79 Å². The van der Waals surface area contributed by atoms with Crippen molar-refractivity contribution in [3.05, 3.63) is 52.0 Å². The first-order valence-corrected chi connectivity index (χ1v) is 7.57. The van der Waals surface area contributed by atoms with Gasteiger partial charge in [0.1, 0.15) is 5.75 Å². The second kappa shape index (κ2) is 6.29. The predicted molar refractivity (Wildman–Crippen MR) is 88.0 cm³/mol. The Bertz CT molecular complexity index is 805. The number of fused-ring (bicyclic) bond motifs is 1. The average Bonchev–Trinajstić information content (AvgIpc) is 3.02. The molecule has 7 heteroatoms. The number of phenols is 1. The van der Waals surface area contributed by atoms with Gasteiger partial charge in [0.2, 0.25) is 6.79 Å². The number of ether oxygens (including phenoxy) is 2. The summed E-state index contributed by atoms with van der Waals surface area (Å²) < 4.78 is 11.2. The Labute approximate surface area is 140 Å². The Balaban J connectivity index is 1.76. The standard InChI is InChI=1S/C16H13BrN2O4/c1-9(12-7-11(17)3-4-13(12)20)18-19-16(21)10-2-5-14-15(6-10)23-8-22-14/h2-7,20H,8H2,1H3,(H,19,21)/b18-9+. The van der Waals surface area contributed by atoms with Crippen LogP contribution in [0.3, 0.4) is 0 Å². The number of rotatable bonds is 3. The molecule has 2 aromatic rings. The zero-order chi connectivity index (χ0) is 16.4. The number of hydrogen-bond acceptors (Lipinski definition) is 5. The summed E-state index contributed by atoms with van der Waals surface area (Å²) in [5, 5.41) is 13.9. The molecule has 0 saturated heterocycles. The van der Waals surface area contributed by atoms with Crippen LogP contribution in [0.4, 0.5) is 0 Å². The molecule has 0 bridgehead atoms.